The molecule has 0 aliphatic heterocycles. The molecule has 2 N–H and O–H groups in total. The van der Waals surface area contributed by atoms with Crippen LogP contribution in [0.15, 0.2) is 0 Å². The Morgan fingerprint density at radius 3 is 2.31 bits per heavy atom. The molecule has 0 heterocycles. The zero-order valence-corrected chi connectivity index (χ0v) is 10.2. The van der Waals surface area contributed by atoms with Gasteiger partial charge in [-0.25, -0.2) is 14.5 Å². The highest BCUT2D eigenvalue weighted by molar-refractivity contribution is 5.86. The van der Waals surface area contributed by atoms with Crippen molar-refractivity contribution in [1.82, 2.24) is 10.2 Å². The smallest absolute Gasteiger partial charge is 0.419 e. The highest BCUT2D eigenvalue weighted by Crippen LogP contribution is 2.10. The van der Waals surface area contributed by atoms with E-state index >= 15 is 0 Å². The van der Waals surface area contributed by atoms with Crippen LogP contribution < -0.4 is 5.32 Å². The Bertz CT molecular complexity index is 248. The van der Waals surface area contributed by atoms with E-state index in [1.54, 1.807) is 27.8 Å². The molecule has 0 rings (SSSR count). The molecular weight excluding hydrogens is 212 g/mol. The maximum absolute atomic E-state index is 11.5. The lowest BCUT2D eigenvalue weighted by Gasteiger charge is -2.24. The van der Waals surface area contributed by atoms with Crippen LogP contribution in [0.1, 0.15) is 27.2 Å². The second-order valence-electron chi connectivity index (χ2n) is 4.37. The van der Waals surface area contributed by atoms with Gasteiger partial charge in [-0.1, -0.05) is 0 Å². The van der Waals surface area contributed by atoms with Crippen LogP contribution in [0, 0.1) is 0 Å². The summed E-state index contributed by atoms with van der Waals surface area (Å²) in [5.74, 6) is 0. The van der Waals surface area contributed by atoms with Gasteiger partial charge >= 0.3 is 12.2 Å². The van der Waals surface area contributed by atoms with E-state index in [2.05, 4.69) is 5.32 Å². The summed E-state index contributed by atoms with van der Waals surface area (Å²) in [6.07, 6.45) is -1.55. The van der Waals surface area contributed by atoms with Crippen molar-refractivity contribution in [2.75, 3.05) is 20.1 Å². The van der Waals surface area contributed by atoms with Gasteiger partial charge in [0.05, 0.1) is 0 Å². The zero-order valence-electron chi connectivity index (χ0n) is 10.2. The van der Waals surface area contributed by atoms with Gasteiger partial charge in [0.1, 0.15) is 5.60 Å². The first-order valence-electron chi connectivity index (χ1n) is 5.16. The van der Waals surface area contributed by atoms with Crippen molar-refractivity contribution >= 4 is 12.2 Å². The van der Waals surface area contributed by atoms with Crippen molar-refractivity contribution in [3.8, 4) is 0 Å². The third kappa shape index (κ3) is 6.23. The SMILES string of the molecule is CNCCCN(C(=O)O)C(=O)OC(C)(C)C. The molecule has 0 saturated carbocycles. The van der Waals surface area contributed by atoms with Gasteiger partial charge in [0.25, 0.3) is 0 Å². The molecule has 0 aliphatic rings. The molecule has 0 fully saturated rings. The minimum atomic E-state index is -1.29. The zero-order chi connectivity index (χ0) is 12.8. The molecule has 0 radical (unpaired) electrons. The maximum atomic E-state index is 11.5. The molecule has 16 heavy (non-hydrogen) atoms. The topological polar surface area (TPSA) is 78.9 Å². The third-order valence-corrected chi connectivity index (χ3v) is 1.65. The summed E-state index contributed by atoms with van der Waals surface area (Å²) in [6, 6.07) is 0. The van der Waals surface area contributed by atoms with Crippen LogP contribution in [0.3, 0.4) is 0 Å². The number of nitrogens with one attached hydrogen (secondary N) is 1. The molecule has 0 unspecified atom stereocenters. The molecule has 0 aromatic rings. The van der Waals surface area contributed by atoms with Crippen molar-refractivity contribution in [2.45, 2.75) is 32.8 Å². The molecule has 0 spiro atoms. The normalized spacial score (nSPS) is 11.0. The van der Waals surface area contributed by atoms with E-state index in [1.165, 1.54) is 0 Å². The largest absolute Gasteiger partial charge is 0.465 e. The molecule has 6 nitrogen and oxygen atoms in total. The second kappa shape index (κ2) is 6.32. The molecular formula is C10H20N2O4. The lowest BCUT2D eigenvalue weighted by atomic mass is 10.2. The molecule has 0 aromatic heterocycles. The fourth-order valence-electron chi connectivity index (χ4n) is 0.996. The van der Waals surface area contributed by atoms with E-state index in [-0.39, 0.29) is 6.54 Å². The van der Waals surface area contributed by atoms with Crippen LogP contribution in [-0.2, 0) is 4.74 Å². The van der Waals surface area contributed by atoms with Crippen molar-refractivity contribution in [3.63, 3.8) is 0 Å². The van der Waals surface area contributed by atoms with Crippen LogP contribution in [0.4, 0.5) is 9.59 Å². The summed E-state index contributed by atoms with van der Waals surface area (Å²) in [5, 5.41) is 11.7. The highest BCUT2D eigenvalue weighted by atomic mass is 16.6. The first-order valence-corrected chi connectivity index (χ1v) is 5.16. The number of carbonyl (C=O) groups excluding carboxylic acids is 1. The monoisotopic (exact) mass is 232 g/mol. The van der Waals surface area contributed by atoms with Gasteiger partial charge < -0.3 is 15.2 Å². The number of hydrogen-bond acceptors (Lipinski definition) is 4. The second-order valence-corrected chi connectivity index (χ2v) is 4.37. The number of ether oxygens (including phenoxy) is 1. The van der Waals surface area contributed by atoms with Crippen LogP contribution in [0.5, 0.6) is 0 Å². The molecule has 0 bridgehead atoms. The van der Waals surface area contributed by atoms with E-state index in [9.17, 15) is 9.59 Å². The van der Waals surface area contributed by atoms with Gasteiger partial charge in [0.15, 0.2) is 0 Å². The number of rotatable bonds is 4. The number of hydrogen-bond donors (Lipinski definition) is 2. The van der Waals surface area contributed by atoms with Gasteiger partial charge in [-0.05, 0) is 40.8 Å². The first kappa shape index (κ1) is 14.7. The average molecular weight is 232 g/mol. The molecule has 94 valence electrons. The van der Waals surface area contributed by atoms with E-state index < -0.39 is 17.8 Å². The summed E-state index contributed by atoms with van der Waals surface area (Å²) in [4.78, 5) is 23.0. The molecule has 0 aromatic carbocycles. The lowest BCUT2D eigenvalue weighted by Crippen LogP contribution is -2.41. The van der Waals surface area contributed by atoms with E-state index in [1.807, 2.05) is 0 Å². The van der Waals surface area contributed by atoms with Gasteiger partial charge in [-0.15, -0.1) is 0 Å². The van der Waals surface area contributed by atoms with Crippen LogP contribution in [0.25, 0.3) is 0 Å². The van der Waals surface area contributed by atoms with E-state index in [0.29, 0.717) is 17.9 Å². The number of amides is 2. The quantitative estimate of drug-likeness (QED) is 0.718. The van der Waals surface area contributed by atoms with Gasteiger partial charge in [0.2, 0.25) is 0 Å². The van der Waals surface area contributed by atoms with Crippen LogP contribution >= 0.6 is 0 Å². The Hall–Kier alpha value is -1.30. The van der Waals surface area contributed by atoms with Crippen LogP contribution in [0.2, 0.25) is 0 Å². The minimum Gasteiger partial charge on any atom is -0.465 e. The lowest BCUT2D eigenvalue weighted by molar-refractivity contribution is 0.0268. The summed E-state index contributed by atoms with van der Waals surface area (Å²) < 4.78 is 4.98. The summed E-state index contributed by atoms with van der Waals surface area (Å²) in [7, 11) is 1.76. The Labute approximate surface area is 95.6 Å². The predicted molar refractivity (Wildman–Crippen MR) is 59.5 cm³/mol. The maximum Gasteiger partial charge on any atom is 0.419 e. The highest BCUT2D eigenvalue weighted by Gasteiger charge is 2.26. The Balaban J connectivity index is 4.31. The molecule has 0 atom stereocenters. The fraction of sp³-hybridized carbons (Fsp3) is 0.800. The Morgan fingerprint density at radius 1 is 1.38 bits per heavy atom. The Kier molecular flexibility index (Phi) is 5.81. The predicted octanol–water partition coefficient (Wildman–Crippen LogP) is 1.51. The van der Waals surface area contributed by atoms with Crippen LogP contribution in [-0.4, -0.2) is 47.9 Å². The molecule has 0 aliphatic carbocycles. The number of imide groups is 1. The van der Waals surface area contributed by atoms with E-state index in [0.717, 1.165) is 0 Å². The standard InChI is InChI=1S/C10H20N2O4/c1-10(2,3)16-9(15)12(8(13)14)7-5-6-11-4/h11H,5-7H2,1-4H3,(H,13,14). The number of carboxylic acid groups (broad SMARTS) is 1. The van der Waals surface area contributed by atoms with Crippen molar-refractivity contribution in [2.24, 2.45) is 0 Å². The van der Waals surface area contributed by atoms with Gasteiger partial charge in [0, 0.05) is 6.54 Å². The van der Waals surface area contributed by atoms with Crippen molar-refractivity contribution in [3.05, 3.63) is 0 Å². The van der Waals surface area contributed by atoms with Gasteiger partial charge in [-0.3, -0.25) is 0 Å². The number of carbonyl (C=O) groups is 2. The average Bonchev–Trinajstić information content (AvgIpc) is 2.08. The van der Waals surface area contributed by atoms with E-state index in [4.69, 9.17) is 9.84 Å². The van der Waals surface area contributed by atoms with Gasteiger partial charge in [-0.2, -0.15) is 0 Å². The van der Waals surface area contributed by atoms with Crippen molar-refractivity contribution < 1.29 is 19.4 Å². The molecule has 6 heteroatoms. The molecule has 2 amide bonds. The minimum absolute atomic E-state index is 0.130. The summed E-state index contributed by atoms with van der Waals surface area (Å²) in [5.41, 5.74) is -0.687. The first-order chi connectivity index (χ1) is 7.28. The third-order valence-electron chi connectivity index (χ3n) is 1.65. The summed E-state index contributed by atoms with van der Waals surface area (Å²) in [6.45, 7) is 5.85. The fourth-order valence-corrected chi connectivity index (χ4v) is 0.996. The summed E-state index contributed by atoms with van der Waals surface area (Å²) >= 11 is 0. The van der Waals surface area contributed by atoms with Crippen molar-refractivity contribution in [1.29, 1.82) is 0 Å². The number of nitrogens with zero attached hydrogens (tertiary/aromatic N) is 1. The Morgan fingerprint density at radius 2 is 1.94 bits per heavy atom. The molecule has 0 saturated heterocycles.